The van der Waals surface area contributed by atoms with Crippen molar-refractivity contribution < 1.29 is 5.11 Å². The van der Waals surface area contributed by atoms with Crippen LogP contribution in [0.3, 0.4) is 0 Å². The molecule has 0 saturated heterocycles. The van der Waals surface area contributed by atoms with Crippen molar-refractivity contribution in [2.24, 2.45) is 5.92 Å². The molecule has 4 nitrogen and oxygen atoms in total. The second-order valence-corrected chi connectivity index (χ2v) is 6.65. The maximum Gasteiger partial charge on any atom is 0.113 e. The molecular formula is C14H16IN3O. The second kappa shape index (κ2) is 5.58. The minimum absolute atomic E-state index is 0.274. The Morgan fingerprint density at radius 1 is 1.26 bits per heavy atom. The van der Waals surface area contributed by atoms with Crippen LogP contribution in [-0.4, -0.2) is 30.6 Å². The molecular weight excluding hydrogens is 353 g/mol. The first-order valence-electron chi connectivity index (χ1n) is 6.50. The highest BCUT2D eigenvalue weighted by molar-refractivity contribution is 14.1. The van der Waals surface area contributed by atoms with Crippen molar-refractivity contribution in [2.45, 2.75) is 22.8 Å². The van der Waals surface area contributed by atoms with Crippen molar-refractivity contribution in [1.82, 2.24) is 15.0 Å². The van der Waals surface area contributed by atoms with E-state index in [1.165, 1.54) is 0 Å². The standard InChI is InChI=1S/C14H16IN3O/c15-12-6-10(9-19)7-14(12)18-8-13(16-17-18)11-4-2-1-3-5-11/h1-5,8,10,12,14,19H,6-7,9H2/t10-,12-,14-/m1/s1. The van der Waals surface area contributed by atoms with Crippen LogP contribution < -0.4 is 0 Å². The van der Waals surface area contributed by atoms with Gasteiger partial charge in [0.1, 0.15) is 5.69 Å². The summed E-state index contributed by atoms with van der Waals surface area (Å²) in [6, 6.07) is 10.4. The summed E-state index contributed by atoms with van der Waals surface area (Å²) in [4.78, 5) is 0. The SMILES string of the molecule is OC[C@@H]1C[C@@H](I)[C@H](n2cc(-c3ccccc3)nn2)C1. The van der Waals surface area contributed by atoms with E-state index in [1.807, 2.05) is 41.2 Å². The van der Waals surface area contributed by atoms with Crippen molar-refractivity contribution in [3.8, 4) is 11.3 Å². The van der Waals surface area contributed by atoms with E-state index < -0.39 is 0 Å². The quantitative estimate of drug-likeness (QED) is 0.669. The average Bonchev–Trinajstić information content (AvgIpc) is 3.06. The number of aromatic nitrogens is 3. The highest BCUT2D eigenvalue weighted by Crippen LogP contribution is 2.39. The Kier molecular flexibility index (Phi) is 3.83. The molecule has 3 rings (SSSR count). The van der Waals surface area contributed by atoms with Crippen LogP contribution in [-0.2, 0) is 0 Å². The van der Waals surface area contributed by atoms with E-state index in [2.05, 4.69) is 32.9 Å². The van der Waals surface area contributed by atoms with Crippen molar-refractivity contribution in [2.75, 3.05) is 6.61 Å². The molecule has 2 aromatic rings. The zero-order chi connectivity index (χ0) is 13.2. The topological polar surface area (TPSA) is 50.9 Å². The van der Waals surface area contributed by atoms with Gasteiger partial charge in [0, 0.05) is 16.1 Å². The molecule has 3 atom stereocenters. The first-order chi connectivity index (χ1) is 9.28. The van der Waals surface area contributed by atoms with Crippen molar-refractivity contribution in [1.29, 1.82) is 0 Å². The van der Waals surface area contributed by atoms with E-state index in [0.29, 0.717) is 15.9 Å². The van der Waals surface area contributed by atoms with Gasteiger partial charge in [0.2, 0.25) is 0 Å². The van der Waals surface area contributed by atoms with Gasteiger partial charge >= 0.3 is 0 Å². The molecule has 100 valence electrons. The largest absolute Gasteiger partial charge is 0.396 e. The molecule has 1 heterocycles. The summed E-state index contributed by atoms with van der Waals surface area (Å²) >= 11 is 2.46. The number of benzene rings is 1. The molecule has 1 aliphatic rings. The summed E-state index contributed by atoms with van der Waals surface area (Å²) in [5.74, 6) is 0.399. The molecule has 0 aliphatic heterocycles. The van der Waals surface area contributed by atoms with Crippen molar-refractivity contribution in [3.05, 3.63) is 36.5 Å². The van der Waals surface area contributed by atoms with Crippen LogP contribution in [0.2, 0.25) is 0 Å². The fourth-order valence-corrected chi connectivity index (χ4v) is 4.01. The lowest BCUT2D eigenvalue weighted by atomic mass is 10.1. The predicted octanol–water partition coefficient (Wildman–Crippen LogP) is 2.69. The van der Waals surface area contributed by atoms with Gasteiger partial charge in [-0.05, 0) is 18.8 Å². The van der Waals surface area contributed by atoms with E-state index in [9.17, 15) is 5.11 Å². The molecule has 5 heteroatoms. The summed E-state index contributed by atoms with van der Waals surface area (Å²) in [6.07, 6.45) is 4.06. The monoisotopic (exact) mass is 369 g/mol. The molecule has 1 fully saturated rings. The van der Waals surface area contributed by atoms with Gasteiger partial charge in [-0.1, -0.05) is 58.1 Å². The number of rotatable bonds is 3. The molecule has 0 amide bonds. The first kappa shape index (κ1) is 13.1. The Morgan fingerprint density at radius 2 is 2.05 bits per heavy atom. The van der Waals surface area contributed by atoms with Crippen molar-refractivity contribution >= 4 is 22.6 Å². The predicted molar refractivity (Wildman–Crippen MR) is 82.1 cm³/mol. The Hall–Kier alpha value is -0.950. The number of alkyl halides is 1. The van der Waals surface area contributed by atoms with Gasteiger partial charge in [-0.25, -0.2) is 4.68 Å². The third-order valence-corrected chi connectivity index (χ3v) is 5.07. The number of aliphatic hydroxyl groups is 1. The highest BCUT2D eigenvalue weighted by Gasteiger charge is 2.34. The van der Waals surface area contributed by atoms with Crippen LogP contribution in [0, 0.1) is 5.92 Å². The number of hydrogen-bond donors (Lipinski definition) is 1. The summed E-state index contributed by atoms with van der Waals surface area (Å²) in [7, 11) is 0. The first-order valence-corrected chi connectivity index (χ1v) is 7.74. The number of halogens is 1. The van der Waals surface area contributed by atoms with Gasteiger partial charge in [-0.15, -0.1) is 5.10 Å². The van der Waals surface area contributed by atoms with E-state index >= 15 is 0 Å². The molecule has 1 aliphatic carbocycles. The van der Waals surface area contributed by atoms with Crippen LogP contribution in [0.4, 0.5) is 0 Å². The fraction of sp³-hybridized carbons (Fsp3) is 0.429. The lowest BCUT2D eigenvalue weighted by Gasteiger charge is -2.13. The summed E-state index contributed by atoms with van der Waals surface area (Å²) in [5.41, 5.74) is 2.01. The van der Waals surface area contributed by atoms with Crippen LogP contribution in [0.15, 0.2) is 36.5 Å². The lowest BCUT2D eigenvalue weighted by Crippen LogP contribution is -2.14. The second-order valence-electron chi connectivity index (χ2n) is 5.05. The van der Waals surface area contributed by atoms with Crippen molar-refractivity contribution in [3.63, 3.8) is 0 Å². The van der Waals surface area contributed by atoms with Crippen LogP contribution >= 0.6 is 22.6 Å². The molecule has 19 heavy (non-hydrogen) atoms. The van der Waals surface area contributed by atoms with Crippen LogP contribution in [0.5, 0.6) is 0 Å². The zero-order valence-electron chi connectivity index (χ0n) is 10.5. The maximum absolute atomic E-state index is 9.28. The maximum atomic E-state index is 9.28. The van der Waals surface area contributed by atoms with E-state index in [4.69, 9.17) is 0 Å². The van der Waals surface area contributed by atoms with Gasteiger partial charge in [-0.2, -0.15) is 0 Å². The van der Waals surface area contributed by atoms with Gasteiger partial charge in [0.05, 0.1) is 12.2 Å². The zero-order valence-corrected chi connectivity index (χ0v) is 12.6. The summed E-state index contributed by atoms with van der Waals surface area (Å²) in [6.45, 7) is 0.274. The molecule has 0 unspecified atom stereocenters. The van der Waals surface area contributed by atoms with Crippen LogP contribution in [0.25, 0.3) is 11.3 Å². The number of hydrogen-bond acceptors (Lipinski definition) is 3. The number of nitrogens with zero attached hydrogens (tertiary/aromatic N) is 3. The van der Waals surface area contributed by atoms with E-state index in [-0.39, 0.29) is 6.61 Å². The molecule has 0 spiro atoms. The molecule has 0 bridgehead atoms. The van der Waals surface area contributed by atoms with Gasteiger partial charge in [0.25, 0.3) is 0 Å². The summed E-state index contributed by atoms with van der Waals surface area (Å²) < 4.78 is 2.48. The third-order valence-electron chi connectivity index (χ3n) is 3.73. The summed E-state index contributed by atoms with van der Waals surface area (Å²) in [5, 5.41) is 17.8. The van der Waals surface area contributed by atoms with Gasteiger partial charge < -0.3 is 5.11 Å². The van der Waals surface area contributed by atoms with Crippen LogP contribution in [0.1, 0.15) is 18.9 Å². The minimum Gasteiger partial charge on any atom is -0.396 e. The molecule has 1 N–H and O–H groups in total. The average molecular weight is 369 g/mol. The number of aliphatic hydroxyl groups excluding tert-OH is 1. The Morgan fingerprint density at radius 3 is 2.74 bits per heavy atom. The Bertz CT molecular complexity index is 543. The van der Waals surface area contributed by atoms with E-state index in [0.717, 1.165) is 24.1 Å². The minimum atomic E-state index is 0.274. The highest BCUT2D eigenvalue weighted by atomic mass is 127. The van der Waals surface area contributed by atoms with Gasteiger partial charge in [0.15, 0.2) is 0 Å². The van der Waals surface area contributed by atoms with Gasteiger partial charge in [-0.3, -0.25) is 0 Å². The lowest BCUT2D eigenvalue weighted by molar-refractivity contribution is 0.225. The normalized spacial score (nSPS) is 26.7. The molecule has 1 aromatic heterocycles. The Labute approximate surface area is 126 Å². The fourth-order valence-electron chi connectivity index (χ4n) is 2.66. The third kappa shape index (κ3) is 2.67. The molecule has 1 saturated carbocycles. The Balaban J connectivity index is 1.82. The molecule has 1 aromatic carbocycles. The smallest absolute Gasteiger partial charge is 0.113 e. The van der Waals surface area contributed by atoms with E-state index in [1.54, 1.807) is 0 Å². The molecule has 0 radical (unpaired) electrons.